The van der Waals surface area contributed by atoms with Crippen molar-refractivity contribution in [2.45, 2.75) is 45.1 Å². The fourth-order valence-electron chi connectivity index (χ4n) is 3.44. The Labute approximate surface area is 126 Å². The van der Waals surface area contributed by atoms with Crippen molar-refractivity contribution in [1.29, 1.82) is 0 Å². The maximum atomic E-state index is 6.13. The molecule has 0 amide bonds. The zero-order chi connectivity index (χ0) is 13.8. The van der Waals surface area contributed by atoms with Gasteiger partial charge >= 0.3 is 0 Å². The molecule has 19 heavy (non-hydrogen) atoms. The van der Waals surface area contributed by atoms with E-state index in [9.17, 15) is 0 Å². The molecular weight excluding hydrogens is 277 g/mol. The average molecular weight is 300 g/mol. The molecule has 0 saturated heterocycles. The molecular formula is C16H23Cl2N. The smallest absolute Gasteiger partial charge is 0.0424 e. The van der Waals surface area contributed by atoms with Crippen LogP contribution in [0.2, 0.25) is 10.0 Å². The third-order valence-electron chi connectivity index (χ3n) is 4.43. The maximum Gasteiger partial charge on any atom is 0.0424 e. The van der Waals surface area contributed by atoms with Crippen molar-refractivity contribution in [2.75, 3.05) is 7.05 Å². The molecule has 1 saturated carbocycles. The molecule has 1 fully saturated rings. The summed E-state index contributed by atoms with van der Waals surface area (Å²) in [4.78, 5) is 0. The number of hydrogen-bond acceptors (Lipinski definition) is 1. The summed E-state index contributed by atoms with van der Waals surface area (Å²) in [5, 5.41) is 4.92. The van der Waals surface area contributed by atoms with Crippen molar-refractivity contribution in [3.8, 4) is 0 Å². The normalized spacial score (nSPS) is 25.3. The average Bonchev–Trinajstić information content (AvgIpc) is 2.39. The lowest BCUT2D eigenvalue weighted by Gasteiger charge is -2.34. The fraction of sp³-hybridized carbons (Fsp3) is 0.625. The third kappa shape index (κ3) is 3.87. The lowest BCUT2D eigenvalue weighted by Crippen LogP contribution is -2.29. The Balaban J connectivity index is 2.18. The van der Waals surface area contributed by atoms with Crippen LogP contribution >= 0.6 is 23.2 Å². The molecule has 3 unspecified atom stereocenters. The second-order valence-electron chi connectivity index (χ2n) is 5.67. The summed E-state index contributed by atoms with van der Waals surface area (Å²) < 4.78 is 0. The van der Waals surface area contributed by atoms with Crippen LogP contribution in [-0.4, -0.2) is 7.05 Å². The van der Waals surface area contributed by atoms with Crippen LogP contribution < -0.4 is 5.32 Å². The highest BCUT2D eigenvalue weighted by molar-refractivity contribution is 6.34. The molecule has 1 nitrogen and oxygen atoms in total. The first-order valence-electron chi connectivity index (χ1n) is 7.27. The predicted octanol–water partition coefficient (Wildman–Crippen LogP) is 5.47. The number of nitrogens with one attached hydrogen (secondary N) is 1. The summed E-state index contributed by atoms with van der Waals surface area (Å²) in [6.45, 7) is 2.30. The van der Waals surface area contributed by atoms with Gasteiger partial charge in [0.1, 0.15) is 0 Å². The zero-order valence-electron chi connectivity index (χ0n) is 11.8. The lowest BCUT2D eigenvalue weighted by atomic mass is 9.75. The summed E-state index contributed by atoms with van der Waals surface area (Å²) in [6, 6.07) is 6.26. The van der Waals surface area contributed by atoms with E-state index in [1.54, 1.807) is 6.07 Å². The van der Waals surface area contributed by atoms with E-state index in [0.29, 0.717) is 12.0 Å². The first-order chi connectivity index (χ1) is 9.13. The minimum Gasteiger partial charge on any atom is -0.313 e. The van der Waals surface area contributed by atoms with Gasteiger partial charge in [-0.2, -0.15) is 0 Å². The van der Waals surface area contributed by atoms with E-state index < -0.39 is 0 Å². The molecule has 106 valence electrons. The van der Waals surface area contributed by atoms with Gasteiger partial charge in [0.25, 0.3) is 0 Å². The molecule has 0 spiro atoms. The van der Waals surface area contributed by atoms with Crippen LogP contribution in [0.3, 0.4) is 0 Å². The Morgan fingerprint density at radius 1 is 1.21 bits per heavy atom. The highest BCUT2D eigenvalue weighted by Crippen LogP contribution is 2.39. The Bertz CT molecular complexity index is 399. The van der Waals surface area contributed by atoms with Crippen molar-refractivity contribution in [3.63, 3.8) is 0 Å². The van der Waals surface area contributed by atoms with Gasteiger partial charge in [-0.1, -0.05) is 49.4 Å². The molecule has 3 heteroatoms. The van der Waals surface area contributed by atoms with Gasteiger partial charge < -0.3 is 5.32 Å². The Kier molecular flexibility index (Phi) is 5.56. The second-order valence-corrected chi connectivity index (χ2v) is 6.54. The summed E-state index contributed by atoms with van der Waals surface area (Å²) in [7, 11) is 2.04. The van der Waals surface area contributed by atoms with Gasteiger partial charge in [-0.25, -0.2) is 0 Å². The van der Waals surface area contributed by atoms with Crippen LogP contribution in [0, 0.1) is 11.8 Å². The molecule has 2 rings (SSSR count). The topological polar surface area (TPSA) is 12.0 Å². The van der Waals surface area contributed by atoms with E-state index in [1.165, 1.54) is 37.7 Å². The molecule has 0 heterocycles. The van der Waals surface area contributed by atoms with Crippen LogP contribution in [-0.2, 0) is 0 Å². The number of benzene rings is 1. The van der Waals surface area contributed by atoms with Crippen molar-refractivity contribution in [3.05, 3.63) is 33.8 Å². The second kappa shape index (κ2) is 6.97. The van der Waals surface area contributed by atoms with E-state index >= 15 is 0 Å². The van der Waals surface area contributed by atoms with Gasteiger partial charge in [0.05, 0.1) is 0 Å². The van der Waals surface area contributed by atoms with Gasteiger partial charge in [-0.15, -0.1) is 0 Å². The van der Waals surface area contributed by atoms with Crippen LogP contribution in [0.4, 0.5) is 0 Å². The molecule has 0 bridgehead atoms. The molecule has 1 aromatic rings. The minimum absolute atomic E-state index is 0.366. The summed E-state index contributed by atoms with van der Waals surface area (Å²) in [5.74, 6) is 1.57. The molecule has 1 aliphatic rings. The Morgan fingerprint density at radius 3 is 2.47 bits per heavy atom. The van der Waals surface area contributed by atoms with E-state index in [2.05, 4.69) is 12.2 Å². The Hall–Kier alpha value is -0.240. The maximum absolute atomic E-state index is 6.13. The first-order valence-corrected chi connectivity index (χ1v) is 8.02. The van der Waals surface area contributed by atoms with Crippen LogP contribution in [0.25, 0.3) is 0 Å². The predicted molar refractivity (Wildman–Crippen MR) is 84.0 cm³/mol. The third-order valence-corrected chi connectivity index (χ3v) is 4.86. The molecule has 0 radical (unpaired) electrons. The molecule has 1 N–H and O–H groups in total. The van der Waals surface area contributed by atoms with Gasteiger partial charge in [-0.05, 0) is 55.5 Å². The van der Waals surface area contributed by atoms with Gasteiger partial charge in [0, 0.05) is 16.1 Å². The van der Waals surface area contributed by atoms with Crippen molar-refractivity contribution < 1.29 is 0 Å². The summed E-state index contributed by atoms with van der Waals surface area (Å²) in [5.41, 5.74) is 1.22. The van der Waals surface area contributed by atoms with E-state index in [-0.39, 0.29) is 0 Å². The zero-order valence-corrected chi connectivity index (χ0v) is 13.3. The van der Waals surface area contributed by atoms with Crippen LogP contribution in [0.5, 0.6) is 0 Å². The van der Waals surface area contributed by atoms with Crippen LogP contribution in [0.15, 0.2) is 18.2 Å². The monoisotopic (exact) mass is 299 g/mol. The van der Waals surface area contributed by atoms with Gasteiger partial charge in [-0.3, -0.25) is 0 Å². The number of hydrogen-bond donors (Lipinski definition) is 1. The van der Waals surface area contributed by atoms with Gasteiger partial charge in [0.2, 0.25) is 0 Å². The highest BCUT2D eigenvalue weighted by Gasteiger charge is 2.28. The minimum atomic E-state index is 0.366. The lowest BCUT2D eigenvalue weighted by molar-refractivity contribution is 0.214. The standard InChI is InChI=1S/C16H23Cl2N/c1-3-11-5-4-6-12(7-11)16(19-2)13-8-14(17)10-15(18)9-13/h8-12,16,19H,3-7H2,1-2H3. The van der Waals surface area contributed by atoms with E-state index in [1.807, 2.05) is 19.2 Å². The van der Waals surface area contributed by atoms with Crippen molar-refractivity contribution >= 4 is 23.2 Å². The quantitative estimate of drug-likeness (QED) is 0.777. The Morgan fingerprint density at radius 2 is 1.89 bits per heavy atom. The molecule has 0 aliphatic heterocycles. The molecule has 1 aliphatic carbocycles. The summed E-state index contributed by atoms with van der Waals surface area (Å²) >= 11 is 12.3. The van der Waals surface area contributed by atoms with E-state index in [0.717, 1.165) is 16.0 Å². The molecule has 0 aromatic heterocycles. The highest BCUT2D eigenvalue weighted by atomic mass is 35.5. The SMILES string of the molecule is CCC1CCCC(C(NC)c2cc(Cl)cc(Cl)c2)C1. The van der Waals surface area contributed by atoms with Crippen molar-refractivity contribution in [2.24, 2.45) is 11.8 Å². The molecule has 1 aromatic carbocycles. The largest absolute Gasteiger partial charge is 0.313 e. The van der Waals surface area contributed by atoms with Crippen LogP contribution in [0.1, 0.15) is 50.6 Å². The first kappa shape index (κ1) is 15.2. The fourth-order valence-corrected chi connectivity index (χ4v) is 3.98. The van der Waals surface area contributed by atoms with Gasteiger partial charge in [0.15, 0.2) is 0 Å². The number of halogens is 2. The summed E-state index contributed by atoms with van der Waals surface area (Å²) in [6.07, 6.45) is 6.64. The van der Waals surface area contributed by atoms with Crippen molar-refractivity contribution in [1.82, 2.24) is 5.32 Å². The number of rotatable bonds is 4. The van der Waals surface area contributed by atoms with E-state index in [4.69, 9.17) is 23.2 Å². The molecule has 3 atom stereocenters.